The molecule has 1 aromatic carbocycles. The Morgan fingerprint density at radius 2 is 1.93 bits per heavy atom. The number of Topliss-reactive ketones (excluding diaryl/α,β-unsaturated/α-hetero) is 1. The van der Waals surface area contributed by atoms with Gasteiger partial charge in [-0.3, -0.25) is 4.79 Å². The molecule has 0 aliphatic heterocycles. The van der Waals surface area contributed by atoms with Gasteiger partial charge in [-0.2, -0.15) is 0 Å². The first kappa shape index (κ1) is 9.90. The fourth-order valence-electron chi connectivity index (χ4n) is 2.16. The summed E-state index contributed by atoms with van der Waals surface area (Å²) in [6, 6.07) is 8.87. The van der Waals surface area contributed by atoms with Crippen LogP contribution in [0.4, 0.5) is 0 Å². The lowest BCUT2D eigenvalue weighted by Gasteiger charge is -2.29. The molecule has 1 fully saturated rings. The summed E-state index contributed by atoms with van der Waals surface area (Å²) in [4.78, 5) is 22.5. The van der Waals surface area contributed by atoms with E-state index in [4.69, 9.17) is 0 Å². The number of carboxylic acid groups (broad SMARTS) is 1. The van der Waals surface area contributed by atoms with Gasteiger partial charge in [0, 0.05) is 18.3 Å². The lowest BCUT2D eigenvalue weighted by Crippen LogP contribution is -2.44. The van der Waals surface area contributed by atoms with E-state index in [1.54, 1.807) is 24.3 Å². The molecule has 15 heavy (non-hydrogen) atoms. The topological polar surface area (TPSA) is 57.2 Å². The Balaban J connectivity index is 2.45. The molecule has 0 saturated heterocycles. The van der Waals surface area contributed by atoms with E-state index in [1.165, 1.54) is 0 Å². The van der Waals surface area contributed by atoms with E-state index in [0.717, 1.165) is 0 Å². The number of aliphatic carboxylic acids is 1. The minimum absolute atomic E-state index is 0.00283. The SMILES string of the molecule is O=C1CC[C@](C(=O)[O-])(c2ccccc2)C1. The van der Waals surface area contributed by atoms with E-state index in [2.05, 4.69) is 0 Å². The second-order valence-corrected chi connectivity index (χ2v) is 3.95. The molecule has 1 aromatic rings. The van der Waals surface area contributed by atoms with E-state index in [9.17, 15) is 14.7 Å². The summed E-state index contributed by atoms with van der Waals surface area (Å²) < 4.78 is 0. The minimum atomic E-state index is -1.14. The van der Waals surface area contributed by atoms with Crippen LogP contribution in [0, 0.1) is 0 Å². The number of hydrogen-bond acceptors (Lipinski definition) is 3. The van der Waals surface area contributed by atoms with Crippen molar-refractivity contribution in [2.75, 3.05) is 0 Å². The molecule has 0 N–H and O–H groups in total. The zero-order valence-corrected chi connectivity index (χ0v) is 8.23. The average molecular weight is 203 g/mol. The molecule has 1 aliphatic carbocycles. The van der Waals surface area contributed by atoms with Gasteiger partial charge >= 0.3 is 0 Å². The van der Waals surface area contributed by atoms with Gasteiger partial charge < -0.3 is 9.90 Å². The normalized spacial score (nSPS) is 25.5. The van der Waals surface area contributed by atoms with Crippen molar-refractivity contribution in [3.8, 4) is 0 Å². The predicted molar refractivity (Wildman–Crippen MR) is 52.0 cm³/mol. The maximum atomic E-state index is 11.2. The fraction of sp³-hybridized carbons (Fsp3) is 0.333. The van der Waals surface area contributed by atoms with Gasteiger partial charge in [-0.15, -0.1) is 0 Å². The molecule has 0 amide bonds. The average Bonchev–Trinajstić information content (AvgIpc) is 2.63. The van der Waals surface area contributed by atoms with E-state index in [-0.39, 0.29) is 12.2 Å². The van der Waals surface area contributed by atoms with Crippen molar-refractivity contribution < 1.29 is 14.7 Å². The molecule has 0 heterocycles. The molecule has 1 aliphatic rings. The summed E-state index contributed by atoms with van der Waals surface area (Å²) in [5.74, 6) is -1.14. The molecular formula is C12H11O3-. The number of carbonyl (C=O) groups excluding carboxylic acids is 2. The molecule has 3 nitrogen and oxygen atoms in total. The minimum Gasteiger partial charge on any atom is -0.549 e. The fourth-order valence-corrected chi connectivity index (χ4v) is 2.16. The smallest absolute Gasteiger partial charge is 0.134 e. The van der Waals surface area contributed by atoms with Crippen LogP contribution >= 0.6 is 0 Å². The Kier molecular flexibility index (Phi) is 2.31. The second kappa shape index (κ2) is 3.50. The summed E-state index contributed by atoms with van der Waals surface area (Å²) in [7, 11) is 0. The van der Waals surface area contributed by atoms with Crippen LogP contribution < -0.4 is 5.11 Å². The van der Waals surface area contributed by atoms with Gasteiger partial charge in [0.25, 0.3) is 0 Å². The summed E-state index contributed by atoms with van der Waals surface area (Å²) in [6.07, 6.45) is 0.764. The predicted octanol–water partition coefficient (Wildman–Crippen LogP) is 0.427. The molecule has 3 heteroatoms. The highest BCUT2D eigenvalue weighted by Crippen LogP contribution is 2.38. The van der Waals surface area contributed by atoms with Crippen molar-refractivity contribution in [2.45, 2.75) is 24.7 Å². The summed E-state index contributed by atoms with van der Waals surface area (Å²) in [5.41, 5.74) is -0.408. The van der Waals surface area contributed by atoms with E-state index >= 15 is 0 Å². The first-order valence-electron chi connectivity index (χ1n) is 4.94. The lowest BCUT2D eigenvalue weighted by atomic mass is 9.79. The number of benzene rings is 1. The maximum Gasteiger partial charge on any atom is 0.134 e. The summed E-state index contributed by atoms with van der Waals surface area (Å²) >= 11 is 0. The Morgan fingerprint density at radius 3 is 2.40 bits per heavy atom. The Bertz CT molecular complexity index is 397. The van der Waals surface area contributed by atoms with Crippen molar-refractivity contribution in [3.05, 3.63) is 35.9 Å². The highest BCUT2D eigenvalue weighted by molar-refractivity contribution is 5.93. The van der Waals surface area contributed by atoms with E-state index < -0.39 is 11.4 Å². The molecule has 1 atom stereocenters. The lowest BCUT2D eigenvalue weighted by molar-refractivity contribution is -0.313. The molecule has 2 rings (SSSR count). The number of carbonyl (C=O) groups is 2. The maximum absolute atomic E-state index is 11.2. The zero-order valence-electron chi connectivity index (χ0n) is 8.23. The van der Waals surface area contributed by atoms with Gasteiger partial charge in [0.15, 0.2) is 0 Å². The Labute approximate surface area is 87.7 Å². The third kappa shape index (κ3) is 1.54. The van der Waals surface area contributed by atoms with Crippen LogP contribution in [0.25, 0.3) is 0 Å². The largest absolute Gasteiger partial charge is 0.549 e. The zero-order chi connectivity index (χ0) is 10.9. The van der Waals surface area contributed by atoms with Gasteiger partial charge in [-0.05, 0) is 12.0 Å². The molecule has 0 unspecified atom stereocenters. The van der Waals surface area contributed by atoms with Gasteiger partial charge in [0.05, 0.1) is 5.97 Å². The van der Waals surface area contributed by atoms with Crippen LogP contribution in [0.1, 0.15) is 24.8 Å². The third-order valence-corrected chi connectivity index (χ3v) is 3.05. The highest BCUT2D eigenvalue weighted by Gasteiger charge is 2.41. The first-order chi connectivity index (χ1) is 7.15. The van der Waals surface area contributed by atoms with Crippen molar-refractivity contribution in [1.29, 1.82) is 0 Å². The van der Waals surface area contributed by atoms with Gasteiger partial charge in [0.2, 0.25) is 0 Å². The third-order valence-electron chi connectivity index (χ3n) is 3.05. The quantitative estimate of drug-likeness (QED) is 0.700. The Hall–Kier alpha value is -1.64. The number of rotatable bonds is 2. The summed E-state index contributed by atoms with van der Waals surface area (Å²) in [6.45, 7) is 0. The standard InChI is InChI=1S/C12H12O3/c13-10-6-7-12(8-10,11(14)15)9-4-2-1-3-5-9/h1-5H,6-8H2,(H,14,15)/p-1/t12-/m1/s1. The van der Waals surface area contributed by atoms with Gasteiger partial charge in [0.1, 0.15) is 5.78 Å². The van der Waals surface area contributed by atoms with Crippen LogP contribution in [-0.4, -0.2) is 11.8 Å². The molecule has 0 radical (unpaired) electrons. The monoisotopic (exact) mass is 203 g/mol. The van der Waals surface area contributed by atoms with E-state index in [1.807, 2.05) is 6.07 Å². The molecule has 78 valence electrons. The van der Waals surface area contributed by atoms with Crippen LogP contribution in [0.2, 0.25) is 0 Å². The van der Waals surface area contributed by atoms with Gasteiger partial charge in [-0.25, -0.2) is 0 Å². The van der Waals surface area contributed by atoms with Crippen molar-refractivity contribution in [1.82, 2.24) is 0 Å². The van der Waals surface area contributed by atoms with Crippen LogP contribution in [0.5, 0.6) is 0 Å². The van der Waals surface area contributed by atoms with E-state index in [0.29, 0.717) is 18.4 Å². The first-order valence-corrected chi connectivity index (χ1v) is 4.94. The molecule has 0 spiro atoms. The second-order valence-electron chi connectivity index (χ2n) is 3.95. The molecule has 1 saturated carbocycles. The van der Waals surface area contributed by atoms with Crippen LogP contribution in [0.3, 0.4) is 0 Å². The van der Waals surface area contributed by atoms with Crippen LogP contribution in [-0.2, 0) is 15.0 Å². The Morgan fingerprint density at radius 1 is 1.27 bits per heavy atom. The number of hydrogen-bond donors (Lipinski definition) is 0. The number of carboxylic acids is 1. The van der Waals surface area contributed by atoms with Crippen molar-refractivity contribution >= 4 is 11.8 Å². The number of ketones is 1. The highest BCUT2D eigenvalue weighted by atomic mass is 16.4. The van der Waals surface area contributed by atoms with Gasteiger partial charge in [-0.1, -0.05) is 30.3 Å². The summed E-state index contributed by atoms with van der Waals surface area (Å²) in [5, 5.41) is 11.2. The van der Waals surface area contributed by atoms with Crippen LogP contribution in [0.15, 0.2) is 30.3 Å². The van der Waals surface area contributed by atoms with Crippen molar-refractivity contribution in [2.24, 2.45) is 0 Å². The van der Waals surface area contributed by atoms with Crippen molar-refractivity contribution in [3.63, 3.8) is 0 Å². The molecular weight excluding hydrogens is 192 g/mol. The molecule has 0 aromatic heterocycles. The molecule has 0 bridgehead atoms.